The minimum Gasteiger partial charge on any atom is -0.368 e. The molecular formula is C11H12N2. The molecule has 1 aliphatic rings. The Morgan fingerprint density at radius 1 is 1.15 bits per heavy atom. The smallest absolute Gasteiger partial charge is 0.0318 e. The van der Waals surface area contributed by atoms with Crippen LogP contribution >= 0.6 is 0 Å². The summed E-state index contributed by atoms with van der Waals surface area (Å²) in [4.78, 5) is 4.01. The maximum absolute atomic E-state index is 4.01. The van der Waals surface area contributed by atoms with Crippen LogP contribution in [0.5, 0.6) is 0 Å². The first-order valence-corrected chi connectivity index (χ1v) is 4.33. The quantitative estimate of drug-likeness (QED) is 0.700. The summed E-state index contributed by atoms with van der Waals surface area (Å²) in [7, 11) is 0. The summed E-state index contributed by atoms with van der Waals surface area (Å²) >= 11 is 0. The lowest BCUT2D eigenvalue weighted by molar-refractivity contribution is 0.731. The van der Waals surface area contributed by atoms with Crippen LogP contribution in [-0.2, 0) is 5.41 Å². The molecule has 2 heteroatoms. The minimum absolute atomic E-state index is 0.00812. The van der Waals surface area contributed by atoms with Gasteiger partial charge in [-0.15, -0.1) is 0 Å². The molecule has 2 heterocycles. The topological polar surface area (TPSA) is 24.9 Å². The number of nitrogens with one attached hydrogen (secondary N) is 1. The highest BCUT2D eigenvalue weighted by atomic mass is 14.8. The summed E-state index contributed by atoms with van der Waals surface area (Å²) in [6.07, 6.45) is 11.8. The van der Waals surface area contributed by atoms with Gasteiger partial charge >= 0.3 is 0 Å². The molecule has 0 atom stereocenters. The van der Waals surface area contributed by atoms with Crippen molar-refractivity contribution in [2.24, 2.45) is 0 Å². The normalized spacial score (nSPS) is 18.2. The molecule has 1 aliphatic heterocycles. The zero-order valence-corrected chi connectivity index (χ0v) is 7.57. The first-order chi connectivity index (χ1) is 6.31. The molecule has 0 fully saturated rings. The van der Waals surface area contributed by atoms with Gasteiger partial charge in [-0.3, -0.25) is 4.98 Å². The van der Waals surface area contributed by atoms with Gasteiger partial charge in [0.25, 0.3) is 0 Å². The second-order valence-corrected chi connectivity index (χ2v) is 3.35. The average Bonchev–Trinajstić information content (AvgIpc) is 2.20. The van der Waals surface area contributed by atoms with Gasteiger partial charge in [-0.05, 0) is 37.0 Å². The van der Waals surface area contributed by atoms with Gasteiger partial charge < -0.3 is 5.32 Å². The summed E-state index contributed by atoms with van der Waals surface area (Å²) < 4.78 is 0. The molecule has 1 N–H and O–H groups in total. The number of rotatable bonds is 1. The standard InChI is InChI=1S/C11H12N2/c1-11(4-8-13-9-5-11)10-2-6-12-7-3-10/h2-9,13H,1H3. The molecular weight excluding hydrogens is 160 g/mol. The van der Waals surface area contributed by atoms with E-state index in [1.54, 1.807) is 0 Å². The molecule has 0 radical (unpaired) electrons. The van der Waals surface area contributed by atoms with Gasteiger partial charge in [-0.1, -0.05) is 12.2 Å². The molecule has 0 amide bonds. The number of pyridine rings is 1. The van der Waals surface area contributed by atoms with Crippen LogP contribution in [0.2, 0.25) is 0 Å². The predicted octanol–water partition coefficient (Wildman–Crippen LogP) is 1.97. The lowest BCUT2D eigenvalue weighted by atomic mass is 9.82. The van der Waals surface area contributed by atoms with Gasteiger partial charge in [0, 0.05) is 17.8 Å². The highest BCUT2D eigenvalue weighted by Crippen LogP contribution is 2.27. The van der Waals surface area contributed by atoms with Crippen molar-refractivity contribution >= 4 is 0 Å². The van der Waals surface area contributed by atoms with Crippen LogP contribution in [0, 0.1) is 0 Å². The number of hydrogen-bond acceptors (Lipinski definition) is 2. The molecule has 2 rings (SSSR count). The number of dihydropyridines is 1. The van der Waals surface area contributed by atoms with E-state index in [0.29, 0.717) is 0 Å². The van der Waals surface area contributed by atoms with Crippen molar-refractivity contribution in [1.82, 2.24) is 10.3 Å². The maximum Gasteiger partial charge on any atom is 0.0318 e. The van der Waals surface area contributed by atoms with Crippen molar-refractivity contribution in [2.45, 2.75) is 12.3 Å². The third kappa shape index (κ3) is 1.47. The lowest BCUT2D eigenvalue weighted by Crippen LogP contribution is -2.20. The zero-order valence-electron chi connectivity index (χ0n) is 7.57. The highest BCUT2D eigenvalue weighted by Gasteiger charge is 2.20. The van der Waals surface area contributed by atoms with Crippen molar-refractivity contribution in [3.63, 3.8) is 0 Å². The van der Waals surface area contributed by atoms with Gasteiger partial charge in [0.15, 0.2) is 0 Å². The fourth-order valence-electron chi connectivity index (χ4n) is 1.46. The first-order valence-electron chi connectivity index (χ1n) is 4.33. The Bertz CT molecular complexity index is 326. The molecule has 0 saturated heterocycles. The summed E-state index contributed by atoms with van der Waals surface area (Å²) in [6.45, 7) is 2.18. The number of nitrogens with zero attached hydrogens (tertiary/aromatic N) is 1. The number of allylic oxidation sites excluding steroid dienone is 2. The zero-order chi connectivity index (χ0) is 9.15. The van der Waals surface area contributed by atoms with Gasteiger partial charge in [0.05, 0.1) is 0 Å². The molecule has 66 valence electrons. The highest BCUT2D eigenvalue weighted by molar-refractivity contribution is 5.35. The molecule has 0 aliphatic carbocycles. The molecule has 0 unspecified atom stereocenters. The SMILES string of the molecule is CC1(c2ccncc2)C=CNC=C1. The van der Waals surface area contributed by atoms with Crippen LogP contribution in [0.15, 0.2) is 49.1 Å². The molecule has 13 heavy (non-hydrogen) atoms. The van der Waals surface area contributed by atoms with E-state index < -0.39 is 0 Å². The molecule has 0 spiro atoms. The maximum atomic E-state index is 4.01. The van der Waals surface area contributed by atoms with Gasteiger partial charge in [0.2, 0.25) is 0 Å². The Hall–Kier alpha value is -1.57. The average molecular weight is 172 g/mol. The van der Waals surface area contributed by atoms with Crippen LogP contribution in [0.3, 0.4) is 0 Å². The Labute approximate surface area is 78.0 Å². The van der Waals surface area contributed by atoms with E-state index >= 15 is 0 Å². The molecule has 0 saturated carbocycles. The van der Waals surface area contributed by atoms with E-state index in [1.165, 1.54) is 5.56 Å². The van der Waals surface area contributed by atoms with Crippen LogP contribution < -0.4 is 5.32 Å². The predicted molar refractivity (Wildman–Crippen MR) is 53.0 cm³/mol. The van der Waals surface area contributed by atoms with Crippen molar-refractivity contribution in [1.29, 1.82) is 0 Å². The molecule has 1 aromatic heterocycles. The van der Waals surface area contributed by atoms with E-state index in [0.717, 1.165) is 0 Å². The number of aromatic nitrogens is 1. The Morgan fingerprint density at radius 3 is 2.38 bits per heavy atom. The Morgan fingerprint density at radius 2 is 1.77 bits per heavy atom. The van der Waals surface area contributed by atoms with Gasteiger partial charge in [-0.2, -0.15) is 0 Å². The number of hydrogen-bond donors (Lipinski definition) is 1. The van der Waals surface area contributed by atoms with E-state index in [2.05, 4.69) is 29.4 Å². The fraction of sp³-hybridized carbons (Fsp3) is 0.182. The molecule has 1 aromatic rings. The second kappa shape index (κ2) is 3.05. The van der Waals surface area contributed by atoms with Crippen LogP contribution in [0.1, 0.15) is 12.5 Å². The third-order valence-corrected chi connectivity index (χ3v) is 2.35. The van der Waals surface area contributed by atoms with E-state index in [9.17, 15) is 0 Å². The molecule has 0 aromatic carbocycles. The van der Waals surface area contributed by atoms with E-state index in [4.69, 9.17) is 0 Å². The molecule has 0 bridgehead atoms. The minimum atomic E-state index is 0.00812. The van der Waals surface area contributed by atoms with E-state index in [-0.39, 0.29) is 5.41 Å². The van der Waals surface area contributed by atoms with Crippen LogP contribution in [0.25, 0.3) is 0 Å². The summed E-state index contributed by atoms with van der Waals surface area (Å²) in [5, 5.41) is 3.03. The van der Waals surface area contributed by atoms with Crippen LogP contribution in [0.4, 0.5) is 0 Å². The summed E-state index contributed by atoms with van der Waals surface area (Å²) in [5.41, 5.74) is 1.27. The monoisotopic (exact) mass is 172 g/mol. The van der Waals surface area contributed by atoms with Crippen molar-refractivity contribution in [3.8, 4) is 0 Å². The summed E-state index contributed by atoms with van der Waals surface area (Å²) in [6, 6.07) is 4.08. The van der Waals surface area contributed by atoms with E-state index in [1.807, 2.05) is 36.9 Å². The van der Waals surface area contributed by atoms with Crippen LogP contribution in [-0.4, -0.2) is 4.98 Å². The third-order valence-electron chi connectivity index (χ3n) is 2.35. The Balaban J connectivity index is 2.39. The molecule has 2 nitrogen and oxygen atoms in total. The Kier molecular flexibility index (Phi) is 1.89. The van der Waals surface area contributed by atoms with Gasteiger partial charge in [0.1, 0.15) is 0 Å². The van der Waals surface area contributed by atoms with Crippen molar-refractivity contribution in [3.05, 3.63) is 54.6 Å². The lowest BCUT2D eigenvalue weighted by Gasteiger charge is -2.24. The largest absolute Gasteiger partial charge is 0.368 e. The van der Waals surface area contributed by atoms with Gasteiger partial charge in [-0.25, -0.2) is 0 Å². The first kappa shape index (κ1) is 8.05. The fourth-order valence-corrected chi connectivity index (χ4v) is 1.46. The second-order valence-electron chi connectivity index (χ2n) is 3.35. The summed E-state index contributed by atoms with van der Waals surface area (Å²) in [5.74, 6) is 0. The van der Waals surface area contributed by atoms with Crippen molar-refractivity contribution in [2.75, 3.05) is 0 Å². The van der Waals surface area contributed by atoms with Crippen molar-refractivity contribution < 1.29 is 0 Å².